The molecule has 0 N–H and O–H groups in total. The number of nitrogens with zero attached hydrogens (tertiary/aromatic N) is 1. The monoisotopic (exact) mass is 295 g/mol. The average Bonchev–Trinajstić information content (AvgIpc) is 2.15. The SMILES string of the molecule is CN(CC(F)F)C(=O)c1ccc(Br)cc1F. The van der Waals surface area contributed by atoms with Gasteiger partial charge >= 0.3 is 0 Å². The van der Waals surface area contributed by atoms with Crippen LogP contribution in [-0.2, 0) is 0 Å². The van der Waals surface area contributed by atoms with Crippen molar-refractivity contribution in [3.63, 3.8) is 0 Å². The summed E-state index contributed by atoms with van der Waals surface area (Å²) in [5, 5.41) is 0. The maximum absolute atomic E-state index is 13.3. The fraction of sp³-hybridized carbons (Fsp3) is 0.300. The molecule has 2 nitrogen and oxygen atoms in total. The van der Waals surface area contributed by atoms with Crippen molar-refractivity contribution in [3.05, 3.63) is 34.1 Å². The molecule has 1 aromatic rings. The molecule has 0 unspecified atom stereocenters. The lowest BCUT2D eigenvalue weighted by Crippen LogP contribution is -2.31. The van der Waals surface area contributed by atoms with Crippen LogP contribution < -0.4 is 0 Å². The van der Waals surface area contributed by atoms with Gasteiger partial charge in [0.2, 0.25) is 0 Å². The molecule has 0 aliphatic carbocycles. The summed E-state index contributed by atoms with van der Waals surface area (Å²) >= 11 is 3.04. The first kappa shape index (κ1) is 13.0. The van der Waals surface area contributed by atoms with E-state index >= 15 is 0 Å². The van der Waals surface area contributed by atoms with E-state index in [1.165, 1.54) is 19.2 Å². The largest absolute Gasteiger partial charge is 0.336 e. The van der Waals surface area contributed by atoms with E-state index in [9.17, 15) is 18.0 Å². The van der Waals surface area contributed by atoms with Crippen molar-refractivity contribution in [1.82, 2.24) is 4.90 Å². The Morgan fingerprint density at radius 2 is 2.12 bits per heavy atom. The van der Waals surface area contributed by atoms with Gasteiger partial charge in [-0.2, -0.15) is 0 Å². The first-order valence-corrected chi connectivity index (χ1v) is 5.19. The van der Waals surface area contributed by atoms with E-state index in [-0.39, 0.29) is 5.56 Å². The zero-order valence-electron chi connectivity index (χ0n) is 8.38. The number of alkyl halides is 2. The molecule has 0 bridgehead atoms. The maximum Gasteiger partial charge on any atom is 0.256 e. The average molecular weight is 296 g/mol. The Balaban J connectivity index is 2.88. The molecule has 6 heteroatoms. The lowest BCUT2D eigenvalue weighted by Gasteiger charge is -2.16. The van der Waals surface area contributed by atoms with Crippen LogP contribution in [0, 0.1) is 5.82 Å². The molecule has 0 aliphatic rings. The molecular weight excluding hydrogens is 287 g/mol. The molecule has 16 heavy (non-hydrogen) atoms. The van der Waals surface area contributed by atoms with Crippen molar-refractivity contribution in [2.75, 3.05) is 13.6 Å². The third kappa shape index (κ3) is 3.23. The van der Waals surface area contributed by atoms with Gasteiger partial charge in [-0.1, -0.05) is 15.9 Å². The number of rotatable bonds is 3. The predicted octanol–water partition coefficient (Wildman–Crippen LogP) is 2.93. The second-order valence-corrected chi connectivity index (χ2v) is 4.12. The molecule has 0 radical (unpaired) electrons. The van der Waals surface area contributed by atoms with Crippen LogP contribution in [0.15, 0.2) is 22.7 Å². The van der Waals surface area contributed by atoms with E-state index in [4.69, 9.17) is 0 Å². The number of amides is 1. The number of benzene rings is 1. The third-order valence-corrected chi connectivity index (χ3v) is 2.41. The summed E-state index contributed by atoms with van der Waals surface area (Å²) in [4.78, 5) is 12.3. The molecule has 0 aliphatic heterocycles. The molecule has 1 rings (SSSR count). The first-order valence-electron chi connectivity index (χ1n) is 4.40. The summed E-state index contributed by atoms with van der Waals surface area (Å²) in [5.74, 6) is -1.49. The summed E-state index contributed by atoms with van der Waals surface area (Å²) in [5.41, 5.74) is -0.216. The van der Waals surface area contributed by atoms with Crippen LogP contribution in [0.5, 0.6) is 0 Å². The molecule has 0 aromatic heterocycles. The molecule has 0 spiro atoms. The number of hydrogen-bond donors (Lipinski definition) is 0. The van der Waals surface area contributed by atoms with Crippen molar-refractivity contribution >= 4 is 21.8 Å². The van der Waals surface area contributed by atoms with Gasteiger partial charge in [-0.25, -0.2) is 13.2 Å². The molecule has 0 fully saturated rings. The third-order valence-electron chi connectivity index (χ3n) is 1.92. The zero-order chi connectivity index (χ0) is 12.3. The predicted molar refractivity (Wildman–Crippen MR) is 57.1 cm³/mol. The minimum absolute atomic E-state index is 0.216. The van der Waals surface area contributed by atoms with Crippen molar-refractivity contribution in [2.24, 2.45) is 0 Å². The maximum atomic E-state index is 13.3. The highest BCUT2D eigenvalue weighted by molar-refractivity contribution is 9.10. The van der Waals surface area contributed by atoms with Gasteiger partial charge in [-0.15, -0.1) is 0 Å². The Morgan fingerprint density at radius 1 is 1.50 bits per heavy atom. The summed E-state index contributed by atoms with van der Waals surface area (Å²) in [6.45, 7) is -0.714. The van der Waals surface area contributed by atoms with E-state index in [2.05, 4.69) is 15.9 Å². The van der Waals surface area contributed by atoms with E-state index in [0.717, 1.165) is 11.0 Å². The molecule has 0 heterocycles. The van der Waals surface area contributed by atoms with Crippen LogP contribution in [0.25, 0.3) is 0 Å². The molecule has 1 aromatic carbocycles. The van der Waals surface area contributed by atoms with Gasteiger partial charge in [0.25, 0.3) is 12.3 Å². The van der Waals surface area contributed by atoms with Crippen molar-refractivity contribution < 1.29 is 18.0 Å². The van der Waals surface area contributed by atoms with E-state index in [0.29, 0.717) is 4.47 Å². The summed E-state index contributed by atoms with van der Waals surface area (Å²) in [7, 11) is 1.20. The lowest BCUT2D eigenvalue weighted by atomic mass is 10.2. The molecule has 1 amide bonds. The fourth-order valence-corrected chi connectivity index (χ4v) is 1.49. The molecule has 0 saturated carbocycles. The van der Waals surface area contributed by atoms with Crippen molar-refractivity contribution in [1.29, 1.82) is 0 Å². The second kappa shape index (κ2) is 5.34. The van der Waals surface area contributed by atoms with Crippen LogP contribution in [0.2, 0.25) is 0 Å². The van der Waals surface area contributed by atoms with Crippen molar-refractivity contribution in [3.8, 4) is 0 Å². The normalized spacial score (nSPS) is 10.6. The van der Waals surface area contributed by atoms with E-state index < -0.39 is 24.7 Å². The Hall–Kier alpha value is -1.04. The highest BCUT2D eigenvalue weighted by atomic mass is 79.9. The Labute approximate surface area is 99.2 Å². The van der Waals surface area contributed by atoms with Crippen LogP contribution in [0.4, 0.5) is 13.2 Å². The van der Waals surface area contributed by atoms with Gasteiger partial charge in [-0.3, -0.25) is 4.79 Å². The highest BCUT2D eigenvalue weighted by Crippen LogP contribution is 2.16. The fourth-order valence-electron chi connectivity index (χ4n) is 1.16. The summed E-state index contributed by atoms with van der Waals surface area (Å²) in [6.07, 6.45) is -2.63. The van der Waals surface area contributed by atoms with Gasteiger partial charge in [0.15, 0.2) is 0 Å². The quantitative estimate of drug-likeness (QED) is 0.840. The van der Waals surface area contributed by atoms with Crippen LogP contribution in [-0.4, -0.2) is 30.8 Å². The lowest BCUT2D eigenvalue weighted by molar-refractivity contribution is 0.0616. The molecule has 0 atom stereocenters. The Bertz CT molecular complexity index is 398. The van der Waals surface area contributed by atoms with E-state index in [1.54, 1.807) is 0 Å². The molecular formula is C10H9BrF3NO. The number of halogens is 4. The number of carbonyl (C=O) groups is 1. The number of hydrogen-bond acceptors (Lipinski definition) is 1. The van der Waals surface area contributed by atoms with E-state index in [1.807, 2.05) is 0 Å². The van der Waals surface area contributed by atoms with Gasteiger partial charge in [0.1, 0.15) is 5.82 Å². The second-order valence-electron chi connectivity index (χ2n) is 3.20. The minimum atomic E-state index is -2.63. The standard InChI is InChI=1S/C10H9BrF3NO/c1-15(5-9(13)14)10(16)7-3-2-6(11)4-8(7)12/h2-4,9H,5H2,1H3. The topological polar surface area (TPSA) is 20.3 Å². The van der Waals surface area contributed by atoms with Crippen molar-refractivity contribution in [2.45, 2.75) is 6.43 Å². The number of carbonyl (C=O) groups excluding carboxylic acids is 1. The smallest absolute Gasteiger partial charge is 0.256 e. The van der Waals surface area contributed by atoms with Gasteiger partial charge in [0, 0.05) is 11.5 Å². The summed E-state index contributed by atoms with van der Waals surface area (Å²) < 4.78 is 37.9. The van der Waals surface area contributed by atoms with Crippen LogP contribution in [0.1, 0.15) is 10.4 Å². The van der Waals surface area contributed by atoms with Crippen LogP contribution in [0.3, 0.4) is 0 Å². The first-order chi connectivity index (χ1) is 7.41. The molecule has 0 saturated heterocycles. The van der Waals surface area contributed by atoms with Gasteiger partial charge in [-0.05, 0) is 18.2 Å². The Morgan fingerprint density at radius 3 is 2.62 bits per heavy atom. The summed E-state index contributed by atoms with van der Waals surface area (Å²) in [6, 6.07) is 3.85. The Kier molecular flexibility index (Phi) is 4.35. The minimum Gasteiger partial charge on any atom is -0.336 e. The van der Waals surface area contributed by atoms with Gasteiger partial charge < -0.3 is 4.90 Å². The molecule has 88 valence electrons. The zero-order valence-corrected chi connectivity index (χ0v) is 9.97. The van der Waals surface area contributed by atoms with Gasteiger partial charge in [0.05, 0.1) is 12.1 Å². The highest BCUT2D eigenvalue weighted by Gasteiger charge is 2.18. The van der Waals surface area contributed by atoms with Crippen LogP contribution >= 0.6 is 15.9 Å².